The molecule has 1 aromatic rings. The van der Waals surface area contributed by atoms with Gasteiger partial charge in [0.05, 0.1) is 6.61 Å². The Morgan fingerprint density at radius 1 is 1.24 bits per heavy atom. The second-order valence-corrected chi connectivity index (χ2v) is 6.51. The monoisotopic (exact) mass is 287 g/mol. The highest BCUT2D eigenvalue weighted by Gasteiger charge is 2.37. The van der Waals surface area contributed by atoms with Gasteiger partial charge in [0.25, 0.3) is 0 Å². The van der Waals surface area contributed by atoms with E-state index in [4.69, 9.17) is 10.5 Å². The topological polar surface area (TPSA) is 52.3 Å². The maximum Gasteiger partial charge on any atom is 0.140 e. The standard InChI is InChI=1S/C18H25NO2/c19-13-18(9-2-1-3-10-18)17(20)7-5-14-4-6-16-15(12-14)8-11-21-16/h4,6,12H,1-3,5,7-11,13,19H2. The van der Waals surface area contributed by atoms with Crippen molar-refractivity contribution in [2.45, 2.75) is 51.4 Å². The van der Waals surface area contributed by atoms with E-state index in [1.54, 1.807) is 0 Å². The maximum absolute atomic E-state index is 12.7. The Labute approximate surface area is 126 Å². The molecule has 1 fully saturated rings. The van der Waals surface area contributed by atoms with Crippen LogP contribution < -0.4 is 10.5 Å². The van der Waals surface area contributed by atoms with Crippen molar-refractivity contribution in [1.29, 1.82) is 0 Å². The first-order chi connectivity index (χ1) is 10.2. The van der Waals surface area contributed by atoms with Gasteiger partial charge in [0.1, 0.15) is 11.5 Å². The lowest BCUT2D eigenvalue weighted by atomic mass is 9.70. The number of hydrogen-bond donors (Lipinski definition) is 1. The van der Waals surface area contributed by atoms with Crippen LogP contribution in [0.1, 0.15) is 49.7 Å². The highest BCUT2D eigenvalue weighted by Crippen LogP contribution is 2.37. The van der Waals surface area contributed by atoms with E-state index in [1.165, 1.54) is 17.5 Å². The third-order valence-electron chi connectivity index (χ3n) is 5.19. The molecule has 1 aliphatic carbocycles. The van der Waals surface area contributed by atoms with Crippen LogP contribution in [0.2, 0.25) is 0 Å². The Bertz CT molecular complexity index is 518. The van der Waals surface area contributed by atoms with Crippen LogP contribution in [0.4, 0.5) is 0 Å². The van der Waals surface area contributed by atoms with E-state index in [0.717, 1.165) is 50.9 Å². The summed E-state index contributed by atoms with van der Waals surface area (Å²) in [6, 6.07) is 6.33. The molecule has 1 heterocycles. The lowest BCUT2D eigenvalue weighted by Gasteiger charge is -2.34. The third-order valence-corrected chi connectivity index (χ3v) is 5.19. The van der Waals surface area contributed by atoms with Gasteiger partial charge in [-0.1, -0.05) is 31.4 Å². The number of ether oxygens (including phenoxy) is 1. The predicted octanol–water partition coefficient (Wildman–Crippen LogP) is 3.03. The molecule has 1 aliphatic heterocycles. The SMILES string of the molecule is NCC1(C(=O)CCc2ccc3c(c2)CCO3)CCCCC1. The minimum atomic E-state index is -0.224. The molecule has 0 saturated heterocycles. The molecule has 3 rings (SSSR count). The lowest BCUT2D eigenvalue weighted by Crippen LogP contribution is -2.40. The van der Waals surface area contributed by atoms with Gasteiger partial charge in [0.15, 0.2) is 0 Å². The molecule has 0 amide bonds. The highest BCUT2D eigenvalue weighted by atomic mass is 16.5. The van der Waals surface area contributed by atoms with E-state index in [1.807, 2.05) is 6.07 Å². The summed E-state index contributed by atoms with van der Waals surface area (Å²) in [6.07, 6.45) is 7.97. The van der Waals surface area contributed by atoms with Gasteiger partial charge in [-0.25, -0.2) is 0 Å². The van der Waals surface area contributed by atoms with Crippen molar-refractivity contribution in [1.82, 2.24) is 0 Å². The number of Topliss-reactive ketones (excluding diaryl/α,β-unsaturated/α-hetero) is 1. The van der Waals surface area contributed by atoms with Crippen molar-refractivity contribution in [3.63, 3.8) is 0 Å². The van der Waals surface area contributed by atoms with Crippen LogP contribution in [0, 0.1) is 5.41 Å². The van der Waals surface area contributed by atoms with Crippen LogP contribution in [0.15, 0.2) is 18.2 Å². The number of carbonyl (C=O) groups is 1. The fraction of sp³-hybridized carbons (Fsp3) is 0.611. The average molecular weight is 287 g/mol. The van der Waals surface area contributed by atoms with Crippen LogP contribution >= 0.6 is 0 Å². The van der Waals surface area contributed by atoms with Crippen molar-refractivity contribution in [2.75, 3.05) is 13.2 Å². The van der Waals surface area contributed by atoms with E-state index >= 15 is 0 Å². The van der Waals surface area contributed by atoms with Gasteiger partial charge in [0, 0.05) is 24.8 Å². The second kappa shape index (κ2) is 6.18. The summed E-state index contributed by atoms with van der Waals surface area (Å²) < 4.78 is 5.52. The van der Waals surface area contributed by atoms with Crippen LogP contribution in [-0.4, -0.2) is 18.9 Å². The van der Waals surface area contributed by atoms with Crippen molar-refractivity contribution in [2.24, 2.45) is 11.1 Å². The molecular formula is C18H25NO2. The van der Waals surface area contributed by atoms with Crippen LogP contribution in [0.25, 0.3) is 0 Å². The van der Waals surface area contributed by atoms with E-state index in [-0.39, 0.29) is 5.41 Å². The first-order valence-electron chi connectivity index (χ1n) is 8.21. The van der Waals surface area contributed by atoms with E-state index < -0.39 is 0 Å². The van der Waals surface area contributed by atoms with Crippen molar-refractivity contribution in [3.8, 4) is 5.75 Å². The van der Waals surface area contributed by atoms with Crippen molar-refractivity contribution >= 4 is 5.78 Å². The fourth-order valence-corrected chi connectivity index (χ4v) is 3.74. The van der Waals surface area contributed by atoms with Gasteiger partial charge in [-0.3, -0.25) is 4.79 Å². The van der Waals surface area contributed by atoms with Gasteiger partial charge in [-0.05, 0) is 36.5 Å². The molecule has 0 unspecified atom stereocenters. The Hall–Kier alpha value is -1.35. The number of benzene rings is 1. The number of hydrogen-bond acceptors (Lipinski definition) is 3. The molecule has 1 aromatic carbocycles. The summed E-state index contributed by atoms with van der Waals surface area (Å²) in [4.78, 5) is 12.7. The predicted molar refractivity (Wildman–Crippen MR) is 83.5 cm³/mol. The maximum atomic E-state index is 12.7. The third kappa shape index (κ3) is 2.98. The molecule has 1 saturated carbocycles. The van der Waals surface area contributed by atoms with Crippen LogP contribution in [0.3, 0.4) is 0 Å². The highest BCUT2D eigenvalue weighted by molar-refractivity contribution is 5.85. The zero-order valence-electron chi connectivity index (χ0n) is 12.7. The minimum Gasteiger partial charge on any atom is -0.493 e. The summed E-state index contributed by atoms with van der Waals surface area (Å²) in [6.45, 7) is 1.30. The fourth-order valence-electron chi connectivity index (χ4n) is 3.74. The number of aryl methyl sites for hydroxylation is 1. The number of rotatable bonds is 5. The Balaban J connectivity index is 1.62. The van der Waals surface area contributed by atoms with Crippen molar-refractivity contribution in [3.05, 3.63) is 29.3 Å². The quantitative estimate of drug-likeness (QED) is 0.905. The van der Waals surface area contributed by atoms with Gasteiger partial charge in [-0.15, -0.1) is 0 Å². The molecular weight excluding hydrogens is 262 g/mol. The minimum absolute atomic E-state index is 0.224. The Morgan fingerprint density at radius 2 is 2.05 bits per heavy atom. The summed E-state index contributed by atoms with van der Waals surface area (Å²) in [5, 5.41) is 0. The average Bonchev–Trinajstić information content (AvgIpc) is 3.00. The number of ketones is 1. The zero-order valence-corrected chi connectivity index (χ0v) is 12.7. The first-order valence-corrected chi connectivity index (χ1v) is 8.21. The summed E-state index contributed by atoms with van der Waals surface area (Å²) in [5.41, 5.74) is 8.25. The number of fused-ring (bicyclic) bond motifs is 1. The van der Waals surface area contributed by atoms with Gasteiger partial charge < -0.3 is 10.5 Å². The zero-order chi connectivity index (χ0) is 14.7. The molecule has 2 N–H and O–H groups in total. The molecule has 3 heteroatoms. The molecule has 21 heavy (non-hydrogen) atoms. The first kappa shape index (κ1) is 14.6. The second-order valence-electron chi connectivity index (χ2n) is 6.51. The number of carbonyl (C=O) groups excluding carboxylic acids is 1. The molecule has 2 aliphatic rings. The molecule has 0 radical (unpaired) electrons. The molecule has 0 bridgehead atoms. The molecule has 3 nitrogen and oxygen atoms in total. The lowest BCUT2D eigenvalue weighted by molar-refractivity contribution is -0.130. The summed E-state index contributed by atoms with van der Waals surface area (Å²) >= 11 is 0. The van der Waals surface area contributed by atoms with Crippen LogP contribution in [-0.2, 0) is 17.6 Å². The van der Waals surface area contributed by atoms with E-state index in [0.29, 0.717) is 18.7 Å². The van der Waals surface area contributed by atoms with Gasteiger partial charge in [-0.2, -0.15) is 0 Å². The van der Waals surface area contributed by atoms with E-state index in [9.17, 15) is 4.79 Å². The van der Waals surface area contributed by atoms with Crippen molar-refractivity contribution < 1.29 is 9.53 Å². The van der Waals surface area contributed by atoms with E-state index in [2.05, 4.69) is 12.1 Å². The van der Waals surface area contributed by atoms with Crippen LogP contribution in [0.5, 0.6) is 5.75 Å². The Morgan fingerprint density at radius 3 is 2.81 bits per heavy atom. The molecule has 0 spiro atoms. The summed E-state index contributed by atoms with van der Waals surface area (Å²) in [5.74, 6) is 1.39. The summed E-state index contributed by atoms with van der Waals surface area (Å²) in [7, 11) is 0. The Kier molecular flexibility index (Phi) is 4.29. The largest absolute Gasteiger partial charge is 0.493 e. The smallest absolute Gasteiger partial charge is 0.140 e. The molecule has 114 valence electrons. The van der Waals surface area contributed by atoms with Gasteiger partial charge in [0.2, 0.25) is 0 Å². The van der Waals surface area contributed by atoms with Gasteiger partial charge >= 0.3 is 0 Å². The molecule has 0 aromatic heterocycles. The normalized spacial score (nSPS) is 19.9. The molecule has 0 atom stereocenters. The number of nitrogens with two attached hydrogens (primary N) is 1.